The van der Waals surface area contributed by atoms with Crippen molar-refractivity contribution in [3.63, 3.8) is 0 Å². The molecule has 48 heavy (non-hydrogen) atoms. The first-order valence-corrected chi connectivity index (χ1v) is 19.0. The molecule has 0 aliphatic carbocycles. The lowest BCUT2D eigenvalue weighted by Gasteiger charge is -2.12. The number of rotatable bonds is 32. The summed E-state index contributed by atoms with van der Waals surface area (Å²) in [4.78, 5) is 23.9. The molecule has 2 unspecified atom stereocenters. The Morgan fingerprint density at radius 1 is 0.604 bits per heavy atom. The molecule has 0 aromatic carbocycles. The molecular formula is C42H70O6. The van der Waals surface area contributed by atoms with Crippen LogP contribution in [0.25, 0.3) is 0 Å². The summed E-state index contributed by atoms with van der Waals surface area (Å²) < 4.78 is 10.2. The molecule has 6 nitrogen and oxygen atoms in total. The van der Waals surface area contributed by atoms with Crippen molar-refractivity contribution in [2.24, 2.45) is 5.92 Å². The van der Waals surface area contributed by atoms with E-state index in [2.05, 4.69) is 57.2 Å². The highest BCUT2D eigenvalue weighted by Gasteiger charge is 2.11. The highest BCUT2D eigenvalue weighted by molar-refractivity contribution is 5.70. The lowest BCUT2D eigenvalue weighted by molar-refractivity contribution is -0.152. The zero-order valence-electron chi connectivity index (χ0n) is 30.7. The van der Waals surface area contributed by atoms with Crippen LogP contribution in [-0.4, -0.2) is 47.6 Å². The molecule has 6 heteroatoms. The van der Waals surface area contributed by atoms with E-state index in [1.54, 1.807) is 6.08 Å². The molecule has 0 aliphatic heterocycles. The molecule has 0 saturated carbocycles. The van der Waals surface area contributed by atoms with Crippen LogP contribution in [0.4, 0.5) is 0 Å². The number of carbonyl (C=O) groups is 2. The highest BCUT2D eigenvalue weighted by atomic mass is 16.6. The van der Waals surface area contributed by atoms with E-state index in [0.29, 0.717) is 19.3 Å². The van der Waals surface area contributed by atoms with Gasteiger partial charge in [0.05, 0.1) is 6.10 Å². The Kier molecular flexibility index (Phi) is 33.6. The van der Waals surface area contributed by atoms with Crippen LogP contribution in [-0.2, 0) is 19.1 Å². The standard InChI is InChI=1S/C42H70O6/c1-4-6-26-32-39(43)33-28-23-19-15-10-8-7-9-11-16-20-24-29-34-41(45)47-36-40(44)37-48-42(46)35-30-25-21-17-13-12-14-18-22-27-31-38(3)5-2/h6,8-11,19-20,23-24,26,28,33,38-40,43-44H,4-5,7,12-18,21-22,25,27,29-32,34-37H2,1-3H3/b10-8-,11-9-,23-19+,24-20-,26-6-,33-28+/t38?,39?,40-/m0/s1. The maximum absolute atomic E-state index is 11.9. The number of ether oxygens (including phenoxy) is 2. The van der Waals surface area contributed by atoms with Crippen LogP contribution in [0, 0.1) is 5.92 Å². The van der Waals surface area contributed by atoms with Crippen LogP contribution in [0.3, 0.4) is 0 Å². The summed E-state index contributed by atoms with van der Waals surface area (Å²) in [6.07, 6.45) is 42.9. The summed E-state index contributed by atoms with van der Waals surface area (Å²) in [6, 6.07) is 0. The Labute approximate surface area is 294 Å². The molecule has 0 aromatic heterocycles. The van der Waals surface area contributed by atoms with Crippen molar-refractivity contribution in [3.8, 4) is 0 Å². The van der Waals surface area contributed by atoms with Crippen molar-refractivity contribution in [1.29, 1.82) is 0 Å². The van der Waals surface area contributed by atoms with E-state index in [0.717, 1.165) is 50.9 Å². The van der Waals surface area contributed by atoms with E-state index in [4.69, 9.17) is 9.47 Å². The summed E-state index contributed by atoms with van der Waals surface area (Å²) in [5, 5.41) is 19.8. The minimum Gasteiger partial charge on any atom is -0.463 e. The van der Waals surface area contributed by atoms with Gasteiger partial charge in [0.1, 0.15) is 19.3 Å². The molecule has 274 valence electrons. The number of unbranched alkanes of at least 4 members (excludes halogenated alkanes) is 9. The lowest BCUT2D eigenvalue weighted by atomic mass is 9.99. The fourth-order valence-corrected chi connectivity index (χ4v) is 4.82. The fourth-order valence-electron chi connectivity index (χ4n) is 4.82. The van der Waals surface area contributed by atoms with E-state index in [1.165, 1.54) is 57.8 Å². The maximum atomic E-state index is 11.9. The van der Waals surface area contributed by atoms with Crippen molar-refractivity contribution in [3.05, 3.63) is 72.9 Å². The molecule has 0 saturated heterocycles. The van der Waals surface area contributed by atoms with Gasteiger partial charge >= 0.3 is 11.9 Å². The van der Waals surface area contributed by atoms with Crippen molar-refractivity contribution in [2.75, 3.05) is 13.2 Å². The van der Waals surface area contributed by atoms with Gasteiger partial charge in [-0.3, -0.25) is 9.59 Å². The second kappa shape index (κ2) is 35.6. The van der Waals surface area contributed by atoms with Gasteiger partial charge in [0.2, 0.25) is 0 Å². The van der Waals surface area contributed by atoms with Crippen LogP contribution in [0.5, 0.6) is 0 Å². The van der Waals surface area contributed by atoms with Crippen LogP contribution in [0.2, 0.25) is 0 Å². The maximum Gasteiger partial charge on any atom is 0.306 e. The minimum absolute atomic E-state index is 0.151. The predicted molar refractivity (Wildman–Crippen MR) is 202 cm³/mol. The molecule has 3 atom stereocenters. The lowest BCUT2D eigenvalue weighted by Crippen LogP contribution is -2.25. The number of carbonyl (C=O) groups excluding carboxylic acids is 2. The van der Waals surface area contributed by atoms with Gasteiger partial charge in [0.25, 0.3) is 0 Å². The molecule has 0 heterocycles. The van der Waals surface area contributed by atoms with Gasteiger partial charge in [-0.25, -0.2) is 0 Å². The van der Waals surface area contributed by atoms with E-state index >= 15 is 0 Å². The van der Waals surface area contributed by atoms with Crippen molar-refractivity contribution < 1.29 is 29.3 Å². The van der Waals surface area contributed by atoms with E-state index < -0.39 is 12.2 Å². The van der Waals surface area contributed by atoms with Crippen molar-refractivity contribution >= 4 is 11.9 Å². The number of aliphatic hydroxyl groups excluding tert-OH is 2. The van der Waals surface area contributed by atoms with Crippen LogP contribution < -0.4 is 0 Å². The molecule has 0 amide bonds. The second-order valence-electron chi connectivity index (χ2n) is 12.8. The average molecular weight is 671 g/mol. The topological polar surface area (TPSA) is 93.1 Å². The summed E-state index contributed by atoms with van der Waals surface area (Å²) in [7, 11) is 0. The summed E-state index contributed by atoms with van der Waals surface area (Å²) in [6.45, 7) is 6.37. The number of hydrogen-bond donors (Lipinski definition) is 2. The van der Waals surface area contributed by atoms with E-state index in [-0.39, 0.29) is 31.6 Å². The zero-order chi connectivity index (χ0) is 35.3. The molecule has 0 rings (SSSR count). The van der Waals surface area contributed by atoms with Crippen LogP contribution in [0.1, 0.15) is 149 Å². The van der Waals surface area contributed by atoms with Gasteiger partial charge < -0.3 is 19.7 Å². The summed E-state index contributed by atoms with van der Waals surface area (Å²) in [5.41, 5.74) is 0. The SMILES string of the molecule is CC/C=C\CC(O)/C=C/C=C/C/C=C\C/C=C\C/C=C\CCC(=O)OC[C@H](O)COC(=O)CCCCCCCCCCCCC(C)CC. The predicted octanol–water partition coefficient (Wildman–Crippen LogP) is 10.6. The van der Waals surface area contributed by atoms with Gasteiger partial charge in [-0.15, -0.1) is 0 Å². The molecular weight excluding hydrogens is 600 g/mol. The van der Waals surface area contributed by atoms with Gasteiger partial charge in [-0.05, 0) is 50.9 Å². The van der Waals surface area contributed by atoms with Gasteiger partial charge in [-0.1, -0.05) is 164 Å². The average Bonchev–Trinajstić information content (AvgIpc) is 3.08. The number of allylic oxidation sites excluding steroid dienone is 10. The Balaban J connectivity index is 3.65. The molecule has 0 aromatic rings. The van der Waals surface area contributed by atoms with Crippen molar-refractivity contribution in [2.45, 2.75) is 161 Å². The van der Waals surface area contributed by atoms with Gasteiger partial charge in [-0.2, -0.15) is 0 Å². The highest BCUT2D eigenvalue weighted by Crippen LogP contribution is 2.15. The van der Waals surface area contributed by atoms with Crippen LogP contribution >= 0.6 is 0 Å². The molecule has 0 radical (unpaired) electrons. The number of hydrogen-bond acceptors (Lipinski definition) is 6. The van der Waals surface area contributed by atoms with E-state index in [1.807, 2.05) is 30.4 Å². The first-order chi connectivity index (χ1) is 23.4. The fraction of sp³-hybridized carbons (Fsp3) is 0.667. The molecule has 0 fully saturated rings. The third kappa shape index (κ3) is 34.6. The molecule has 0 aliphatic rings. The Morgan fingerprint density at radius 2 is 1.12 bits per heavy atom. The third-order valence-corrected chi connectivity index (χ3v) is 8.09. The van der Waals surface area contributed by atoms with Gasteiger partial charge in [0.15, 0.2) is 0 Å². The first-order valence-electron chi connectivity index (χ1n) is 19.0. The molecule has 0 spiro atoms. The quantitative estimate of drug-likeness (QED) is 0.0320. The first kappa shape index (κ1) is 45.3. The zero-order valence-corrected chi connectivity index (χ0v) is 30.7. The van der Waals surface area contributed by atoms with E-state index in [9.17, 15) is 19.8 Å². The number of aliphatic hydroxyl groups is 2. The molecule has 0 bridgehead atoms. The van der Waals surface area contributed by atoms with Gasteiger partial charge in [0, 0.05) is 12.8 Å². The largest absolute Gasteiger partial charge is 0.463 e. The third-order valence-electron chi connectivity index (χ3n) is 8.09. The second-order valence-corrected chi connectivity index (χ2v) is 12.8. The van der Waals surface area contributed by atoms with Crippen LogP contribution in [0.15, 0.2) is 72.9 Å². The van der Waals surface area contributed by atoms with Crippen molar-refractivity contribution in [1.82, 2.24) is 0 Å². The number of esters is 2. The summed E-state index contributed by atoms with van der Waals surface area (Å²) in [5.74, 6) is 0.184. The Hall–Kier alpha value is -2.70. The smallest absolute Gasteiger partial charge is 0.306 e. The Morgan fingerprint density at radius 3 is 1.71 bits per heavy atom. The molecule has 2 N–H and O–H groups in total. The minimum atomic E-state index is -1.01. The Bertz CT molecular complexity index is 928. The monoisotopic (exact) mass is 671 g/mol. The summed E-state index contributed by atoms with van der Waals surface area (Å²) >= 11 is 0. The normalized spacial score (nSPS) is 14.4.